The molecule has 0 aliphatic heterocycles. The molecule has 2 rings (SSSR count). The summed E-state index contributed by atoms with van der Waals surface area (Å²) in [6.07, 6.45) is 1.69. The van der Waals surface area contributed by atoms with E-state index in [4.69, 9.17) is 23.2 Å². The first-order valence-corrected chi connectivity index (χ1v) is 5.30. The Bertz CT molecular complexity index is 474. The predicted molar refractivity (Wildman–Crippen MR) is 64.4 cm³/mol. The molecule has 0 radical (unpaired) electrons. The van der Waals surface area contributed by atoms with Gasteiger partial charge in [-0.2, -0.15) is 0 Å². The summed E-state index contributed by atoms with van der Waals surface area (Å²) >= 11 is 11.8. The maximum absolute atomic E-state index is 5.99. The highest BCUT2D eigenvalue weighted by molar-refractivity contribution is 6.31. The molecule has 0 amide bonds. The Morgan fingerprint density at radius 2 is 1.80 bits per heavy atom. The second-order valence-corrected chi connectivity index (χ2v) is 4.21. The average molecular weight is 238 g/mol. The molecule has 2 aromatic rings. The summed E-state index contributed by atoms with van der Waals surface area (Å²) in [6, 6.07) is 9.65. The molecule has 0 bridgehead atoms. The van der Waals surface area contributed by atoms with Gasteiger partial charge in [0.2, 0.25) is 0 Å². The molecule has 76 valence electrons. The number of rotatable bonds is 1. The first-order valence-electron chi connectivity index (χ1n) is 4.54. The van der Waals surface area contributed by atoms with Gasteiger partial charge in [0.05, 0.1) is 0 Å². The van der Waals surface area contributed by atoms with Gasteiger partial charge in [-0.15, -0.1) is 0 Å². The van der Waals surface area contributed by atoms with Gasteiger partial charge in [-0.3, -0.25) is 0 Å². The molecule has 1 aromatic heterocycles. The van der Waals surface area contributed by atoms with Crippen LogP contribution in [-0.2, 0) is 0 Å². The zero-order valence-corrected chi connectivity index (χ0v) is 9.68. The van der Waals surface area contributed by atoms with Crippen LogP contribution in [-0.4, -0.2) is 4.98 Å². The lowest BCUT2D eigenvalue weighted by molar-refractivity contribution is 1.33. The molecule has 0 atom stereocenters. The van der Waals surface area contributed by atoms with E-state index in [1.54, 1.807) is 6.20 Å². The molecule has 0 fully saturated rings. The van der Waals surface area contributed by atoms with Crippen molar-refractivity contribution in [2.75, 3.05) is 0 Å². The third-order valence-corrected chi connectivity index (χ3v) is 2.53. The monoisotopic (exact) mass is 237 g/mol. The number of benzene rings is 1. The molecule has 1 aromatic carbocycles. The molecule has 0 aliphatic carbocycles. The van der Waals surface area contributed by atoms with Crippen molar-refractivity contribution >= 4 is 23.2 Å². The van der Waals surface area contributed by atoms with E-state index >= 15 is 0 Å². The van der Waals surface area contributed by atoms with E-state index in [1.165, 1.54) is 0 Å². The van der Waals surface area contributed by atoms with Crippen molar-refractivity contribution in [2.45, 2.75) is 6.92 Å². The van der Waals surface area contributed by atoms with Crippen molar-refractivity contribution in [1.29, 1.82) is 0 Å². The van der Waals surface area contributed by atoms with Gasteiger partial charge in [0.15, 0.2) is 0 Å². The minimum atomic E-state index is 0.491. The largest absolute Gasteiger partial charge is 0.245 e. The van der Waals surface area contributed by atoms with E-state index in [0.717, 1.165) is 21.7 Å². The normalized spacial score (nSPS) is 10.3. The molecule has 0 saturated carbocycles. The number of hydrogen-bond acceptors (Lipinski definition) is 1. The van der Waals surface area contributed by atoms with Gasteiger partial charge < -0.3 is 0 Å². The lowest BCUT2D eigenvalue weighted by Crippen LogP contribution is -1.82. The van der Waals surface area contributed by atoms with Crippen LogP contribution in [0.1, 0.15) is 5.56 Å². The lowest BCUT2D eigenvalue weighted by Gasteiger charge is -2.04. The molecular formula is C12H9Cl2N. The van der Waals surface area contributed by atoms with E-state index in [1.807, 2.05) is 31.2 Å². The van der Waals surface area contributed by atoms with Crippen LogP contribution in [0.5, 0.6) is 0 Å². The van der Waals surface area contributed by atoms with Gasteiger partial charge in [0.1, 0.15) is 5.15 Å². The Morgan fingerprint density at radius 1 is 1.00 bits per heavy atom. The summed E-state index contributed by atoms with van der Waals surface area (Å²) in [4.78, 5) is 3.94. The third kappa shape index (κ3) is 2.49. The third-order valence-electron chi connectivity index (χ3n) is 2.10. The van der Waals surface area contributed by atoms with Crippen LogP contribution in [0.3, 0.4) is 0 Å². The number of pyridine rings is 1. The van der Waals surface area contributed by atoms with Crippen molar-refractivity contribution in [1.82, 2.24) is 4.98 Å². The minimum Gasteiger partial charge on any atom is -0.245 e. The van der Waals surface area contributed by atoms with E-state index < -0.39 is 0 Å². The second kappa shape index (κ2) is 4.21. The van der Waals surface area contributed by atoms with E-state index in [-0.39, 0.29) is 0 Å². The number of nitrogens with zero attached hydrogens (tertiary/aromatic N) is 1. The fraction of sp³-hybridized carbons (Fsp3) is 0.0833. The smallest absolute Gasteiger partial charge is 0.129 e. The summed E-state index contributed by atoms with van der Waals surface area (Å²) in [5.41, 5.74) is 3.22. The van der Waals surface area contributed by atoms with Crippen LogP contribution < -0.4 is 0 Å². The van der Waals surface area contributed by atoms with Gasteiger partial charge in [-0.05, 0) is 47.9 Å². The van der Waals surface area contributed by atoms with Crippen LogP contribution >= 0.6 is 23.2 Å². The zero-order chi connectivity index (χ0) is 10.8. The van der Waals surface area contributed by atoms with Gasteiger partial charge >= 0.3 is 0 Å². The lowest BCUT2D eigenvalue weighted by atomic mass is 10.1. The summed E-state index contributed by atoms with van der Waals surface area (Å²) < 4.78 is 0. The van der Waals surface area contributed by atoms with Gasteiger partial charge in [-0.25, -0.2) is 4.98 Å². The maximum atomic E-state index is 5.99. The van der Waals surface area contributed by atoms with Gasteiger partial charge in [0.25, 0.3) is 0 Å². The topological polar surface area (TPSA) is 12.9 Å². The van der Waals surface area contributed by atoms with Gasteiger partial charge in [-0.1, -0.05) is 29.3 Å². The Morgan fingerprint density at radius 3 is 2.47 bits per heavy atom. The quantitative estimate of drug-likeness (QED) is 0.672. The molecule has 15 heavy (non-hydrogen) atoms. The molecule has 3 heteroatoms. The zero-order valence-electron chi connectivity index (χ0n) is 8.17. The fourth-order valence-electron chi connectivity index (χ4n) is 1.49. The summed E-state index contributed by atoms with van der Waals surface area (Å²) in [6.45, 7) is 2.01. The van der Waals surface area contributed by atoms with Crippen LogP contribution in [0.2, 0.25) is 10.2 Å². The molecule has 1 heterocycles. The Balaban J connectivity index is 2.54. The SMILES string of the molecule is Cc1cc(Cl)cc(-c2ccnc(Cl)c2)c1. The van der Waals surface area contributed by atoms with Crippen molar-refractivity contribution in [2.24, 2.45) is 0 Å². The first kappa shape index (κ1) is 10.5. The highest BCUT2D eigenvalue weighted by Gasteiger charge is 2.01. The van der Waals surface area contributed by atoms with Crippen molar-refractivity contribution in [3.63, 3.8) is 0 Å². The predicted octanol–water partition coefficient (Wildman–Crippen LogP) is 4.36. The van der Waals surface area contributed by atoms with Crippen LogP contribution in [0.4, 0.5) is 0 Å². The Kier molecular flexibility index (Phi) is 2.94. The molecular weight excluding hydrogens is 229 g/mol. The highest BCUT2D eigenvalue weighted by Crippen LogP contribution is 2.25. The summed E-state index contributed by atoms with van der Waals surface area (Å²) in [7, 11) is 0. The number of hydrogen-bond donors (Lipinski definition) is 0. The Labute approximate surface area is 98.7 Å². The second-order valence-electron chi connectivity index (χ2n) is 3.38. The highest BCUT2D eigenvalue weighted by atomic mass is 35.5. The average Bonchev–Trinajstić information content (AvgIpc) is 2.16. The van der Waals surface area contributed by atoms with E-state index in [2.05, 4.69) is 11.1 Å². The molecule has 0 spiro atoms. The minimum absolute atomic E-state index is 0.491. The van der Waals surface area contributed by atoms with Crippen molar-refractivity contribution in [3.8, 4) is 11.1 Å². The summed E-state index contributed by atoms with van der Waals surface area (Å²) in [5.74, 6) is 0. The van der Waals surface area contributed by atoms with Crippen molar-refractivity contribution in [3.05, 3.63) is 52.3 Å². The van der Waals surface area contributed by atoms with Crippen LogP contribution in [0, 0.1) is 6.92 Å². The fourth-order valence-corrected chi connectivity index (χ4v) is 1.95. The number of aryl methyl sites for hydroxylation is 1. The Hall–Kier alpha value is -1.05. The number of halogens is 2. The molecule has 0 N–H and O–H groups in total. The van der Waals surface area contributed by atoms with E-state index in [9.17, 15) is 0 Å². The number of aromatic nitrogens is 1. The standard InChI is InChI=1S/C12H9Cl2N/c1-8-4-10(6-11(13)5-8)9-2-3-15-12(14)7-9/h2-7H,1H3. The molecule has 0 saturated heterocycles. The van der Waals surface area contributed by atoms with Crippen LogP contribution in [0.15, 0.2) is 36.5 Å². The molecule has 1 nitrogen and oxygen atoms in total. The van der Waals surface area contributed by atoms with Crippen LogP contribution in [0.25, 0.3) is 11.1 Å². The molecule has 0 aliphatic rings. The maximum Gasteiger partial charge on any atom is 0.129 e. The molecule has 0 unspecified atom stereocenters. The summed E-state index contributed by atoms with van der Waals surface area (Å²) in [5, 5.41) is 1.23. The van der Waals surface area contributed by atoms with Gasteiger partial charge in [0, 0.05) is 11.2 Å². The van der Waals surface area contributed by atoms with Crippen molar-refractivity contribution < 1.29 is 0 Å². The first-order chi connectivity index (χ1) is 7.15. The van der Waals surface area contributed by atoms with E-state index in [0.29, 0.717) is 5.15 Å².